The van der Waals surface area contributed by atoms with Crippen molar-refractivity contribution >= 4 is 34.9 Å². The van der Waals surface area contributed by atoms with E-state index in [0.29, 0.717) is 35.0 Å². The van der Waals surface area contributed by atoms with Gasteiger partial charge in [0.05, 0.1) is 40.5 Å². The van der Waals surface area contributed by atoms with Crippen molar-refractivity contribution in [3.63, 3.8) is 0 Å². The summed E-state index contributed by atoms with van der Waals surface area (Å²) in [4.78, 5) is 51.4. The summed E-state index contributed by atoms with van der Waals surface area (Å²) in [7, 11) is 0. The number of anilines is 2. The van der Waals surface area contributed by atoms with E-state index in [2.05, 4.69) is 10.8 Å². The van der Waals surface area contributed by atoms with Gasteiger partial charge in [-0.1, -0.05) is 19.9 Å². The number of ether oxygens (including phenoxy) is 2. The Morgan fingerprint density at radius 1 is 0.766 bits per heavy atom. The van der Waals surface area contributed by atoms with Crippen LogP contribution in [0.5, 0.6) is 17.2 Å². The van der Waals surface area contributed by atoms with Crippen LogP contribution in [-0.2, 0) is 11.4 Å². The first-order valence-electron chi connectivity index (χ1n) is 14.0. The van der Waals surface area contributed by atoms with Crippen molar-refractivity contribution in [3.05, 3.63) is 117 Å². The molecule has 0 saturated carbocycles. The molecule has 0 saturated heterocycles. The van der Waals surface area contributed by atoms with Crippen LogP contribution in [0.25, 0.3) is 0 Å². The molecule has 14 heteroatoms. The van der Waals surface area contributed by atoms with Crippen LogP contribution in [0.1, 0.15) is 50.5 Å². The number of nitrogens with zero attached hydrogens (tertiary/aromatic N) is 1. The maximum atomic E-state index is 12.7. The van der Waals surface area contributed by atoms with Gasteiger partial charge < -0.3 is 30.1 Å². The molecule has 0 aliphatic heterocycles. The van der Waals surface area contributed by atoms with Gasteiger partial charge in [0.15, 0.2) is 0 Å². The summed E-state index contributed by atoms with van der Waals surface area (Å²) in [5.74, 6) is -2.40. The Morgan fingerprint density at radius 2 is 1.34 bits per heavy atom. The van der Waals surface area contributed by atoms with Gasteiger partial charge in [-0.2, -0.15) is 0 Å². The number of rotatable bonds is 15. The topological polar surface area (TPSA) is 207 Å². The van der Waals surface area contributed by atoms with Gasteiger partial charge in [-0.05, 0) is 72.3 Å². The summed E-state index contributed by atoms with van der Waals surface area (Å²) >= 11 is 0. The number of benzene rings is 4. The van der Waals surface area contributed by atoms with Crippen LogP contribution in [0, 0.1) is 15.5 Å². The number of aromatic hydroxyl groups is 1. The number of carbonyl (C=O) groups is 3. The summed E-state index contributed by atoms with van der Waals surface area (Å²) in [6.07, 6.45) is 0. The second kappa shape index (κ2) is 14.8. The number of carboxylic acid groups (broad SMARTS) is 2. The molecule has 0 aromatic heterocycles. The molecular formula is C33H31N3O11. The number of hydrogen-bond acceptors (Lipinski definition) is 10. The average Bonchev–Trinajstić information content (AvgIpc) is 3.04. The monoisotopic (exact) mass is 645 g/mol. The number of carboxylic acids is 2. The van der Waals surface area contributed by atoms with Gasteiger partial charge in [0.2, 0.25) is 0 Å². The Bertz CT molecular complexity index is 1770. The Balaban J connectivity index is 1.24. The van der Waals surface area contributed by atoms with Crippen molar-refractivity contribution in [1.82, 2.24) is 0 Å². The van der Waals surface area contributed by atoms with E-state index in [1.54, 1.807) is 48.5 Å². The first kappa shape index (κ1) is 33.7. The number of phenolic OH excluding ortho intramolecular Hbond substituents is 1. The molecule has 47 heavy (non-hydrogen) atoms. The molecule has 0 unspecified atom stereocenters. The van der Waals surface area contributed by atoms with Crippen LogP contribution in [0.3, 0.4) is 0 Å². The largest absolute Gasteiger partial charge is 0.508 e. The summed E-state index contributed by atoms with van der Waals surface area (Å²) in [5, 5.41) is 41.8. The van der Waals surface area contributed by atoms with Crippen LogP contribution in [0.4, 0.5) is 17.1 Å². The second-order valence-corrected chi connectivity index (χ2v) is 11.1. The molecular weight excluding hydrogens is 614 g/mol. The predicted molar refractivity (Wildman–Crippen MR) is 169 cm³/mol. The van der Waals surface area contributed by atoms with Gasteiger partial charge in [0, 0.05) is 23.2 Å². The molecule has 5 N–H and O–H groups in total. The molecule has 0 bridgehead atoms. The van der Waals surface area contributed by atoms with E-state index in [0.717, 1.165) is 24.3 Å². The highest BCUT2D eigenvalue weighted by atomic mass is 16.6. The lowest BCUT2D eigenvalue weighted by molar-refractivity contribution is -0.384. The van der Waals surface area contributed by atoms with Gasteiger partial charge in [0.25, 0.3) is 11.6 Å². The normalized spacial score (nSPS) is 10.9. The number of non-ortho nitro benzene ring substituents is 1. The SMILES string of the molecule is CC(C)(COc1ccc(NOCc2ccc(O)cc2C(=O)O)cc1)COc1ccc(NC(=O)c2cc([N+](=O)[O-])ccc2C(=O)O)cc1. The minimum atomic E-state index is -1.39. The summed E-state index contributed by atoms with van der Waals surface area (Å²) in [6.45, 7) is 4.48. The molecule has 4 aromatic rings. The van der Waals surface area contributed by atoms with Crippen LogP contribution in [0.15, 0.2) is 84.9 Å². The Hall–Kier alpha value is -6.15. The molecule has 0 heterocycles. The maximum Gasteiger partial charge on any atom is 0.336 e. The van der Waals surface area contributed by atoms with E-state index in [9.17, 15) is 39.8 Å². The van der Waals surface area contributed by atoms with Crippen molar-refractivity contribution in [1.29, 1.82) is 0 Å². The number of nitro benzene ring substituents is 1. The molecule has 1 amide bonds. The molecule has 244 valence electrons. The number of nitro groups is 1. The lowest BCUT2D eigenvalue weighted by atomic mass is 9.96. The van der Waals surface area contributed by atoms with Crippen molar-refractivity contribution < 1.29 is 48.9 Å². The van der Waals surface area contributed by atoms with Crippen LogP contribution >= 0.6 is 0 Å². The van der Waals surface area contributed by atoms with Crippen molar-refractivity contribution in [2.45, 2.75) is 20.5 Å². The Morgan fingerprint density at radius 3 is 1.89 bits per heavy atom. The molecule has 0 radical (unpaired) electrons. The summed E-state index contributed by atoms with van der Waals surface area (Å²) in [5.41, 5.74) is 2.52. The number of carbonyl (C=O) groups excluding carboxylic acids is 1. The molecule has 0 aliphatic rings. The highest BCUT2D eigenvalue weighted by Gasteiger charge is 2.22. The number of hydrogen-bond donors (Lipinski definition) is 5. The van der Waals surface area contributed by atoms with Crippen LogP contribution in [0.2, 0.25) is 0 Å². The summed E-state index contributed by atoms with van der Waals surface area (Å²) in [6, 6.07) is 20.3. The molecule has 0 fully saturated rings. The smallest absolute Gasteiger partial charge is 0.336 e. The minimum Gasteiger partial charge on any atom is -0.508 e. The molecule has 0 aliphatic carbocycles. The summed E-state index contributed by atoms with van der Waals surface area (Å²) < 4.78 is 11.8. The first-order valence-corrected chi connectivity index (χ1v) is 14.0. The Labute approximate surface area is 268 Å². The molecule has 0 spiro atoms. The first-order chi connectivity index (χ1) is 22.3. The zero-order valence-electron chi connectivity index (χ0n) is 25.3. The number of nitrogens with one attached hydrogen (secondary N) is 2. The van der Waals surface area contributed by atoms with Crippen molar-refractivity contribution in [2.75, 3.05) is 24.0 Å². The fraction of sp³-hybridized carbons (Fsp3) is 0.182. The van der Waals surface area contributed by atoms with E-state index in [1.165, 1.54) is 12.1 Å². The fourth-order valence-electron chi connectivity index (χ4n) is 4.16. The van der Waals surface area contributed by atoms with Crippen LogP contribution < -0.4 is 20.3 Å². The third kappa shape index (κ3) is 9.42. The van der Waals surface area contributed by atoms with Gasteiger partial charge in [-0.15, -0.1) is 0 Å². The highest BCUT2D eigenvalue weighted by Crippen LogP contribution is 2.25. The highest BCUT2D eigenvalue weighted by molar-refractivity contribution is 6.11. The molecule has 4 aromatic carbocycles. The average molecular weight is 646 g/mol. The zero-order chi connectivity index (χ0) is 34.1. The standard InChI is InChI=1S/C33H31N3O11/c1-33(2,19-46-26-12-6-22(7-13-26)35-47-17-20-3-9-24(37)16-28(20)32(41)42)18-45-25-10-4-21(5-11-25)34-30(38)29-15-23(36(43)44)8-14-27(29)31(39)40/h3-16,35,37H,17-19H2,1-2H3,(H,34,38)(H,39,40)(H,41,42). The minimum absolute atomic E-state index is 0.0419. The fourth-order valence-corrected chi connectivity index (χ4v) is 4.16. The Kier molecular flexibility index (Phi) is 10.6. The van der Waals surface area contributed by atoms with Crippen molar-refractivity contribution in [2.24, 2.45) is 5.41 Å². The van der Waals surface area contributed by atoms with Gasteiger partial charge in [-0.25, -0.2) is 9.59 Å². The number of amides is 1. The third-order valence-corrected chi connectivity index (χ3v) is 6.66. The van der Waals surface area contributed by atoms with Gasteiger partial charge in [0.1, 0.15) is 23.9 Å². The predicted octanol–water partition coefficient (Wildman–Crippen LogP) is 5.98. The molecule has 4 rings (SSSR count). The third-order valence-electron chi connectivity index (χ3n) is 6.66. The zero-order valence-corrected chi connectivity index (χ0v) is 25.3. The number of phenols is 1. The van der Waals surface area contributed by atoms with Gasteiger partial charge >= 0.3 is 11.9 Å². The van der Waals surface area contributed by atoms with E-state index in [1.807, 2.05) is 13.8 Å². The van der Waals surface area contributed by atoms with Crippen LogP contribution in [-0.4, -0.2) is 51.3 Å². The van der Waals surface area contributed by atoms with E-state index >= 15 is 0 Å². The lowest BCUT2D eigenvalue weighted by Gasteiger charge is -2.25. The number of aromatic carboxylic acids is 2. The molecule has 14 nitrogen and oxygen atoms in total. The second-order valence-electron chi connectivity index (χ2n) is 11.1. The van der Waals surface area contributed by atoms with E-state index in [4.69, 9.17) is 14.3 Å². The lowest BCUT2D eigenvalue weighted by Crippen LogP contribution is -2.28. The van der Waals surface area contributed by atoms with Crippen molar-refractivity contribution in [3.8, 4) is 17.2 Å². The van der Waals surface area contributed by atoms with Gasteiger partial charge in [-0.3, -0.25) is 25.2 Å². The van der Waals surface area contributed by atoms with E-state index in [-0.39, 0.29) is 35.7 Å². The quantitative estimate of drug-likeness (QED) is 0.0748. The molecule has 0 atom stereocenters. The maximum absolute atomic E-state index is 12.7. The van der Waals surface area contributed by atoms with E-state index < -0.39 is 33.9 Å².